The fourth-order valence-electron chi connectivity index (χ4n) is 1.81. The summed E-state index contributed by atoms with van der Waals surface area (Å²) < 4.78 is 5.34. The van der Waals surface area contributed by atoms with Crippen LogP contribution in [0.2, 0.25) is 0 Å². The first-order chi connectivity index (χ1) is 9.63. The number of hydrogen-bond donors (Lipinski definition) is 1. The van der Waals surface area contributed by atoms with Crippen molar-refractivity contribution < 1.29 is 4.74 Å². The molecule has 5 heteroatoms. The number of rotatable bonds is 4. The number of aromatic amines is 1. The summed E-state index contributed by atoms with van der Waals surface area (Å²) >= 11 is 1.68. The van der Waals surface area contributed by atoms with E-state index in [-0.39, 0.29) is 5.56 Å². The van der Waals surface area contributed by atoms with Crippen LogP contribution in [0.5, 0.6) is 5.75 Å². The van der Waals surface area contributed by atoms with Gasteiger partial charge in [-0.2, -0.15) is 5.10 Å². The molecule has 1 aromatic carbocycles. The molecule has 0 aliphatic rings. The van der Waals surface area contributed by atoms with Gasteiger partial charge < -0.3 is 4.74 Å². The van der Waals surface area contributed by atoms with Crippen molar-refractivity contribution in [1.29, 1.82) is 0 Å². The van der Waals surface area contributed by atoms with Gasteiger partial charge in [0.25, 0.3) is 5.56 Å². The normalized spacial score (nSPS) is 10.9. The van der Waals surface area contributed by atoms with E-state index in [2.05, 4.69) is 16.3 Å². The van der Waals surface area contributed by atoms with Crippen LogP contribution in [0.25, 0.3) is 12.2 Å². The lowest BCUT2D eigenvalue weighted by atomic mass is 10.1. The van der Waals surface area contributed by atoms with Gasteiger partial charge in [0, 0.05) is 16.5 Å². The number of H-pyrrole nitrogens is 1. The molecule has 0 amide bonds. The number of benzene rings is 1. The van der Waals surface area contributed by atoms with E-state index in [1.165, 1.54) is 6.07 Å². The molecule has 1 heterocycles. The van der Waals surface area contributed by atoms with E-state index in [1.807, 2.05) is 37.5 Å². The van der Waals surface area contributed by atoms with Crippen LogP contribution >= 0.6 is 11.8 Å². The quantitative estimate of drug-likeness (QED) is 0.879. The minimum absolute atomic E-state index is 0.193. The largest absolute Gasteiger partial charge is 0.496 e. The van der Waals surface area contributed by atoms with Crippen LogP contribution in [0.1, 0.15) is 16.8 Å². The average Bonchev–Trinajstić information content (AvgIpc) is 2.46. The van der Waals surface area contributed by atoms with Crippen LogP contribution in [0.3, 0.4) is 0 Å². The molecule has 0 aliphatic heterocycles. The fourth-order valence-corrected chi connectivity index (χ4v) is 2.26. The Morgan fingerprint density at radius 1 is 1.30 bits per heavy atom. The van der Waals surface area contributed by atoms with E-state index in [0.29, 0.717) is 0 Å². The van der Waals surface area contributed by atoms with Crippen LogP contribution in [-0.2, 0) is 0 Å². The highest BCUT2D eigenvalue weighted by Crippen LogP contribution is 2.26. The third-order valence-electron chi connectivity index (χ3n) is 2.90. The predicted octanol–water partition coefficient (Wildman–Crippen LogP) is 2.98. The summed E-state index contributed by atoms with van der Waals surface area (Å²) in [4.78, 5) is 12.3. The Morgan fingerprint density at radius 2 is 2.10 bits per heavy atom. The number of methoxy groups -OCH3 is 1. The standard InChI is InChI=1S/C15H16N2O2S/c1-10-8-15(18)17-16-13(10)6-4-11-9-12(20-3)5-7-14(11)19-2/h4-9H,1-3H3,(H,17,18). The average molecular weight is 288 g/mol. The van der Waals surface area contributed by atoms with E-state index in [4.69, 9.17) is 4.74 Å². The lowest BCUT2D eigenvalue weighted by Crippen LogP contribution is -2.08. The fraction of sp³-hybridized carbons (Fsp3) is 0.200. The van der Waals surface area contributed by atoms with Crippen molar-refractivity contribution in [3.05, 3.63) is 51.4 Å². The van der Waals surface area contributed by atoms with Gasteiger partial charge in [0.15, 0.2) is 0 Å². The van der Waals surface area contributed by atoms with Crippen LogP contribution in [0.15, 0.2) is 34.0 Å². The van der Waals surface area contributed by atoms with Gasteiger partial charge in [-0.05, 0) is 49.1 Å². The van der Waals surface area contributed by atoms with Gasteiger partial charge in [-0.1, -0.05) is 0 Å². The molecular formula is C15H16N2O2S. The van der Waals surface area contributed by atoms with Crippen molar-refractivity contribution in [3.8, 4) is 5.75 Å². The Labute approximate surface area is 121 Å². The number of nitrogens with one attached hydrogen (secondary N) is 1. The van der Waals surface area contributed by atoms with Crippen molar-refractivity contribution >= 4 is 23.9 Å². The second kappa shape index (κ2) is 6.43. The maximum Gasteiger partial charge on any atom is 0.264 e. The minimum atomic E-state index is -0.193. The molecule has 1 aromatic heterocycles. The van der Waals surface area contributed by atoms with Gasteiger partial charge >= 0.3 is 0 Å². The first-order valence-electron chi connectivity index (χ1n) is 6.10. The molecule has 0 saturated carbocycles. The summed E-state index contributed by atoms with van der Waals surface area (Å²) in [5, 5.41) is 6.46. The van der Waals surface area contributed by atoms with Crippen molar-refractivity contribution in [3.63, 3.8) is 0 Å². The molecule has 0 radical (unpaired) electrons. The first kappa shape index (κ1) is 14.4. The summed E-state index contributed by atoms with van der Waals surface area (Å²) in [5.74, 6) is 0.807. The highest BCUT2D eigenvalue weighted by molar-refractivity contribution is 7.98. The lowest BCUT2D eigenvalue weighted by Gasteiger charge is -2.06. The van der Waals surface area contributed by atoms with E-state index in [1.54, 1.807) is 18.9 Å². The zero-order chi connectivity index (χ0) is 14.5. The molecule has 1 N–H and O–H groups in total. The van der Waals surface area contributed by atoms with Crippen LogP contribution < -0.4 is 10.3 Å². The van der Waals surface area contributed by atoms with Crippen molar-refractivity contribution in [2.24, 2.45) is 0 Å². The third-order valence-corrected chi connectivity index (χ3v) is 3.62. The Kier molecular flexibility index (Phi) is 4.63. The number of thioether (sulfide) groups is 1. The topological polar surface area (TPSA) is 55.0 Å². The number of aromatic nitrogens is 2. The predicted molar refractivity (Wildman–Crippen MR) is 83.3 cm³/mol. The Bertz CT molecular complexity index is 693. The van der Waals surface area contributed by atoms with Gasteiger partial charge in [-0.25, -0.2) is 5.10 Å². The number of ether oxygens (including phenoxy) is 1. The molecule has 104 valence electrons. The van der Waals surface area contributed by atoms with E-state index in [9.17, 15) is 4.79 Å². The smallest absolute Gasteiger partial charge is 0.264 e. The maximum atomic E-state index is 11.1. The van der Waals surface area contributed by atoms with E-state index in [0.717, 1.165) is 27.5 Å². The van der Waals surface area contributed by atoms with E-state index >= 15 is 0 Å². The second-order valence-corrected chi connectivity index (χ2v) is 5.12. The molecule has 0 atom stereocenters. The SMILES string of the molecule is COc1ccc(SC)cc1C=Cc1n[nH]c(=O)cc1C. The van der Waals surface area contributed by atoms with Gasteiger partial charge in [-0.3, -0.25) is 4.79 Å². The summed E-state index contributed by atoms with van der Waals surface area (Å²) in [7, 11) is 1.65. The van der Waals surface area contributed by atoms with Crippen LogP contribution in [0, 0.1) is 6.92 Å². The monoisotopic (exact) mass is 288 g/mol. The molecule has 0 bridgehead atoms. The number of hydrogen-bond acceptors (Lipinski definition) is 4. The zero-order valence-electron chi connectivity index (χ0n) is 11.6. The number of nitrogens with zero attached hydrogens (tertiary/aromatic N) is 1. The van der Waals surface area contributed by atoms with Crippen molar-refractivity contribution in [2.75, 3.05) is 13.4 Å². The van der Waals surface area contributed by atoms with E-state index < -0.39 is 0 Å². The molecular weight excluding hydrogens is 272 g/mol. The molecule has 0 aliphatic carbocycles. The Balaban J connectivity index is 2.37. The minimum Gasteiger partial charge on any atom is -0.496 e. The highest BCUT2D eigenvalue weighted by atomic mass is 32.2. The Morgan fingerprint density at radius 3 is 2.75 bits per heavy atom. The molecule has 0 spiro atoms. The second-order valence-electron chi connectivity index (χ2n) is 4.24. The highest BCUT2D eigenvalue weighted by Gasteiger charge is 2.02. The summed E-state index contributed by atoms with van der Waals surface area (Å²) in [6, 6.07) is 7.55. The molecule has 20 heavy (non-hydrogen) atoms. The van der Waals surface area contributed by atoms with Gasteiger partial charge in [0.05, 0.1) is 12.8 Å². The maximum absolute atomic E-state index is 11.1. The summed E-state index contributed by atoms with van der Waals surface area (Å²) in [6.07, 6.45) is 5.84. The molecule has 4 nitrogen and oxygen atoms in total. The third kappa shape index (κ3) is 3.30. The summed E-state index contributed by atoms with van der Waals surface area (Å²) in [6.45, 7) is 1.86. The van der Waals surface area contributed by atoms with Crippen molar-refractivity contribution in [2.45, 2.75) is 11.8 Å². The molecule has 2 rings (SSSR count). The molecule has 0 fully saturated rings. The Hall–Kier alpha value is -2.01. The molecule has 0 saturated heterocycles. The van der Waals surface area contributed by atoms with Crippen LogP contribution in [-0.4, -0.2) is 23.6 Å². The molecule has 2 aromatic rings. The van der Waals surface area contributed by atoms with Gasteiger partial charge in [0.2, 0.25) is 0 Å². The van der Waals surface area contributed by atoms with Crippen molar-refractivity contribution in [1.82, 2.24) is 10.2 Å². The van der Waals surface area contributed by atoms with Crippen LogP contribution in [0.4, 0.5) is 0 Å². The lowest BCUT2D eigenvalue weighted by molar-refractivity contribution is 0.413. The summed E-state index contributed by atoms with van der Waals surface area (Å²) in [5.41, 5.74) is 2.36. The number of aryl methyl sites for hydroxylation is 1. The molecule has 0 unspecified atom stereocenters. The van der Waals surface area contributed by atoms with Gasteiger partial charge in [-0.15, -0.1) is 11.8 Å². The zero-order valence-corrected chi connectivity index (χ0v) is 12.5. The van der Waals surface area contributed by atoms with Gasteiger partial charge in [0.1, 0.15) is 5.75 Å². The first-order valence-corrected chi connectivity index (χ1v) is 7.33.